The Balaban J connectivity index is 2.27. The molecule has 1 radical (unpaired) electrons. The molecule has 2 aromatic heterocycles. The van der Waals surface area contributed by atoms with Crippen molar-refractivity contribution < 1.29 is 0 Å². The summed E-state index contributed by atoms with van der Waals surface area (Å²) in [4.78, 5) is 4.24. The van der Waals surface area contributed by atoms with Gasteiger partial charge in [-0.1, -0.05) is 31.2 Å². The molecule has 0 aliphatic carbocycles. The van der Waals surface area contributed by atoms with E-state index in [0.717, 1.165) is 16.8 Å². The van der Waals surface area contributed by atoms with E-state index in [1.165, 1.54) is 5.39 Å². The fourth-order valence-electron chi connectivity index (χ4n) is 2.65. The van der Waals surface area contributed by atoms with Crippen LogP contribution in [0.1, 0.15) is 24.6 Å². The number of aryl methyl sites for hydroxylation is 1. The lowest BCUT2D eigenvalue weighted by molar-refractivity contribution is 0.365. The molecule has 1 aromatic carbocycles. The molecule has 0 saturated carbocycles. The Bertz CT molecular complexity index is 730. The summed E-state index contributed by atoms with van der Waals surface area (Å²) in [6.07, 6.45) is 4.40. The van der Waals surface area contributed by atoms with Gasteiger partial charge in [-0.3, -0.25) is 9.67 Å². The first-order valence-electron chi connectivity index (χ1n) is 6.81. The maximum atomic E-state index is 4.76. The summed E-state index contributed by atoms with van der Waals surface area (Å²) in [6.45, 7) is 8.35. The minimum atomic E-state index is -0.290. The zero-order chi connectivity index (χ0) is 14.2. The van der Waals surface area contributed by atoms with E-state index in [0.29, 0.717) is 6.42 Å². The van der Waals surface area contributed by atoms with Crippen LogP contribution >= 0.6 is 0 Å². The van der Waals surface area contributed by atoms with Crippen molar-refractivity contribution in [2.45, 2.75) is 25.8 Å². The molecule has 0 aliphatic rings. The summed E-state index contributed by atoms with van der Waals surface area (Å²) < 4.78 is 2.08. The van der Waals surface area contributed by atoms with Crippen LogP contribution in [0, 0.1) is 13.8 Å². The largest absolute Gasteiger partial charge is 0.264 e. The van der Waals surface area contributed by atoms with Crippen molar-refractivity contribution in [3.8, 4) is 0 Å². The average molecular weight is 264 g/mol. The number of pyridine rings is 1. The summed E-state index contributed by atoms with van der Waals surface area (Å²) in [5, 5.41) is 5.95. The van der Waals surface area contributed by atoms with E-state index >= 15 is 0 Å². The summed E-state index contributed by atoms with van der Waals surface area (Å²) in [6, 6.07) is 12.4. The number of hydrogen-bond donors (Lipinski definition) is 0. The summed E-state index contributed by atoms with van der Waals surface area (Å²) >= 11 is 0. The van der Waals surface area contributed by atoms with Crippen molar-refractivity contribution in [2.24, 2.45) is 0 Å². The molecule has 0 spiro atoms. The van der Waals surface area contributed by atoms with Crippen LogP contribution in [0.25, 0.3) is 10.9 Å². The molecule has 0 aliphatic heterocycles. The second-order valence-corrected chi connectivity index (χ2v) is 5.28. The molecule has 1 atom stereocenters. The SMILES string of the molecule is [CH2]CC(C)(c1cccnc1)n1nc(C)c2ccccc21. The van der Waals surface area contributed by atoms with Crippen LogP contribution in [0.5, 0.6) is 0 Å². The second-order valence-electron chi connectivity index (χ2n) is 5.28. The van der Waals surface area contributed by atoms with Gasteiger partial charge in [0.05, 0.1) is 16.7 Å². The normalized spacial score (nSPS) is 14.3. The van der Waals surface area contributed by atoms with Crippen molar-refractivity contribution in [2.75, 3.05) is 0 Å². The Morgan fingerprint density at radius 1 is 1.20 bits per heavy atom. The van der Waals surface area contributed by atoms with Crippen LogP contribution in [0.4, 0.5) is 0 Å². The molecular weight excluding hydrogens is 246 g/mol. The lowest BCUT2D eigenvalue weighted by Gasteiger charge is -2.30. The maximum Gasteiger partial charge on any atom is 0.0869 e. The third-order valence-electron chi connectivity index (χ3n) is 4.01. The minimum absolute atomic E-state index is 0.290. The van der Waals surface area contributed by atoms with Crippen molar-refractivity contribution in [1.82, 2.24) is 14.8 Å². The van der Waals surface area contributed by atoms with Gasteiger partial charge in [-0.05, 0) is 38.0 Å². The van der Waals surface area contributed by atoms with E-state index < -0.39 is 0 Å². The number of benzene rings is 1. The molecule has 3 aromatic rings. The fraction of sp³-hybridized carbons (Fsp3) is 0.235. The summed E-state index contributed by atoms with van der Waals surface area (Å²) in [5.74, 6) is 0. The minimum Gasteiger partial charge on any atom is -0.264 e. The molecule has 0 saturated heterocycles. The third-order valence-corrected chi connectivity index (χ3v) is 4.01. The Morgan fingerprint density at radius 3 is 2.70 bits per heavy atom. The van der Waals surface area contributed by atoms with Crippen molar-refractivity contribution in [3.05, 3.63) is 67.0 Å². The topological polar surface area (TPSA) is 30.7 Å². The molecular formula is C17H18N3. The second kappa shape index (κ2) is 4.75. The fourth-order valence-corrected chi connectivity index (χ4v) is 2.65. The van der Waals surface area contributed by atoms with Gasteiger partial charge in [-0.2, -0.15) is 5.10 Å². The van der Waals surface area contributed by atoms with E-state index in [-0.39, 0.29) is 5.54 Å². The first-order valence-corrected chi connectivity index (χ1v) is 6.81. The van der Waals surface area contributed by atoms with E-state index in [1.807, 2.05) is 31.3 Å². The highest BCUT2D eigenvalue weighted by Crippen LogP contribution is 2.32. The van der Waals surface area contributed by atoms with Crippen LogP contribution in [-0.2, 0) is 5.54 Å². The molecule has 0 N–H and O–H groups in total. The molecule has 0 amide bonds. The van der Waals surface area contributed by atoms with E-state index in [1.54, 1.807) is 6.20 Å². The molecule has 0 fully saturated rings. The maximum absolute atomic E-state index is 4.76. The Labute approximate surface area is 119 Å². The molecule has 101 valence electrons. The molecule has 3 rings (SSSR count). The van der Waals surface area contributed by atoms with Gasteiger partial charge in [-0.15, -0.1) is 0 Å². The Morgan fingerprint density at radius 2 is 2.00 bits per heavy atom. The third kappa shape index (κ3) is 1.82. The number of fused-ring (bicyclic) bond motifs is 1. The van der Waals surface area contributed by atoms with Crippen molar-refractivity contribution in [3.63, 3.8) is 0 Å². The van der Waals surface area contributed by atoms with E-state index in [4.69, 9.17) is 5.10 Å². The first kappa shape index (κ1) is 12.9. The predicted octanol–water partition coefficient (Wildman–Crippen LogP) is 3.73. The quantitative estimate of drug-likeness (QED) is 0.721. The Kier molecular flexibility index (Phi) is 3.05. The number of aromatic nitrogens is 3. The summed E-state index contributed by atoms with van der Waals surface area (Å²) in [5.41, 5.74) is 3.02. The smallest absolute Gasteiger partial charge is 0.0869 e. The van der Waals surface area contributed by atoms with Gasteiger partial charge in [0.25, 0.3) is 0 Å². The number of rotatable bonds is 3. The van der Waals surface area contributed by atoms with Gasteiger partial charge in [0, 0.05) is 17.8 Å². The molecule has 2 heterocycles. The van der Waals surface area contributed by atoms with E-state index in [9.17, 15) is 0 Å². The van der Waals surface area contributed by atoms with Crippen LogP contribution in [0.3, 0.4) is 0 Å². The van der Waals surface area contributed by atoms with Gasteiger partial charge in [-0.25, -0.2) is 0 Å². The van der Waals surface area contributed by atoms with Crippen LogP contribution in [0.2, 0.25) is 0 Å². The number of nitrogens with zero attached hydrogens (tertiary/aromatic N) is 3. The van der Waals surface area contributed by atoms with Gasteiger partial charge < -0.3 is 0 Å². The number of para-hydroxylation sites is 1. The van der Waals surface area contributed by atoms with Crippen molar-refractivity contribution >= 4 is 10.9 Å². The predicted molar refractivity (Wildman–Crippen MR) is 81.4 cm³/mol. The average Bonchev–Trinajstić information content (AvgIpc) is 2.85. The molecule has 3 nitrogen and oxygen atoms in total. The van der Waals surface area contributed by atoms with Crippen LogP contribution in [0.15, 0.2) is 48.8 Å². The van der Waals surface area contributed by atoms with Gasteiger partial charge in [0.2, 0.25) is 0 Å². The van der Waals surface area contributed by atoms with Gasteiger partial charge in [0.1, 0.15) is 0 Å². The standard InChI is InChI=1S/C17H18N3/c1-4-17(3,14-8-7-11-18-12-14)20-16-10-6-5-9-15(16)13(2)19-20/h5-12H,1,4H2,2-3H3. The van der Waals surface area contributed by atoms with Gasteiger partial charge in [0.15, 0.2) is 0 Å². The molecule has 3 heteroatoms. The first-order chi connectivity index (χ1) is 9.66. The monoisotopic (exact) mass is 264 g/mol. The van der Waals surface area contributed by atoms with Gasteiger partial charge >= 0.3 is 0 Å². The van der Waals surface area contributed by atoms with Crippen molar-refractivity contribution in [1.29, 1.82) is 0 Å². The van der Waals surface area contributed by atoms with Crippen LogP contribution < -0.4 is 0 Å². The molecule has 1 unspecified atom stereocenters. The lowest BCUT2D eigenvalue weighted by atomic mass is 9.90. The van der Waals surface area contributed by atoms with E-state index in [2.05, 4.69) is 41.7 Å². The lowest BCUT2D eigenvalue weighted by Crippen LogP contribution is -2.32. The van der Waals surface area contributed by atoms with Crippen LogP contribution in [-0.4, -0.2) is 14.8 Å². The summed E-state index contributed by atoms with van der Waals surface area (Å²) in [7, 11) is 0. The highest BCUT2D eigenvalue weighted by atomic mass is 15.3. The zero-order valence-electron chi connectivity index (χ0n) is 11.9. The Hall–Kier alpha value is -2.16. The molecule has 0 bridgehead atoms. The molecule has 20 heavy (non-hydrogen) atoms. The number of hydrogen-bond acceptors (Lipinski definition) is 2. The zero-order valence-corrected chi connectivity index (χ0v) is 11.9. The highest BCUT2D eigenvalue weighted by Gasteiger charge is 2.30. The highest BCUT2D eigenvalue weighted by molar-refractivity contribution is 5.82.